The second-order valence-electron chi connectivity index (χ2n) is 5.62. The zero-order valence-electron chi connectivity index (χ0n) is 14.1. The maximum atomic E-state index is 11.8. The lowest BCUT2D eigenvalue weighted by Crippen LogP contribution is -2.30. The number of hydrogen-bond acceptors (Lipinski definition) is 5. The molecule has 1 amide bonds. The Bertz CT molecular complexity index is 766. The highest BCUT2D eigenvalue weighted by Gasteiger charge is 2.12. The summed E-state index contributed by atoms with van der Waals surface area (Å²) in [7, 11) is 0. The van der Waals surface area contributed by atoms with Gasteiger partial charge in [-0.15, -0.1) is 0 Å². The Hall–Kier alpha value is -2.34. The smallest absolute Gasteiger partial charge is 0.336 e. The van der Waals surface area contributed by atoms with Crippen molar-refractivity contribution in [2.45, 2.75) is 33.1 Å². The third-order valence-corrected chi connectivity index (χ3v) is 3.73. The minimum Gasteiger partial charge on any atom is -0.483 e. The Kier molecular flexibility index (Phi) is 6.37. The van der Waals surface area contributed by atoms with E-state index in [1.165, 1.54) is 6.07 Å². The van der Waals surface area contributed by atoms with E-state index in [2.05, 4.69) is 12.2 Å². The van der Waals surface area contributed by atoms with E-state index < -0.39 is 0 Å². The van der Waals surface area contributed by atoms with Gasteiger partial charge in [0, 0.05) is 30.2 Å². The minimum absolute atomic E-state index is 0.0318. The van der Waals surface area contributed by atoms with Crippen molar-refractivity contribution in [3.8, 4) is 5.75 Å². The maximum Gasteiger partial charge on any atom is 0.336 e. The van der Waals surface area contributed by atoms with E-state index in [-0.39, 0.29) is 24.7 Å². The van der Waals surface area contributed by atoms with Crippen LogP contribution in [0.5, 0.6) is 5.75 Å². The molecule has 0 bridgehead atoms. The van der Waals surface area contributed by atoms with Gasteiger partial charge in [-0.3, -0.25) is 4.79 Å². The van der Waals surface area contributed by atoms with Crippen LogP contribution in [0, 0.1) is 6.92 Å². The molecule has 2 rings (SSSR count). The number of nitrogens with one attached hydrogen (secondary N) is 1. The van der Waals surface area contributed by atoms with Gasteiger partial charge >= 0.3 is 5.63 Å². The van der Waals surface area contributed by atoms with Gasteiger partial charge in [-0.05, 0) is 37.5 Å². The maximum absolute atomic E-state index is 11.8. The van der Waals surface area contributed by atoms with E-state index >= 15 is 0 Å². The van der Waals surface area contributed by atoms with Crippen LogP contribution in [-0.2, 0) is 11.2 Å². The van der Waals surface area contributed by atoms with E-state index in [0.717, 1.165) is 23.8 Å². The normalized spacial score (nSPS) is 10.8. The summed E-state index contributed by atoms with van der Waals surface area (Å²) in [4.78, 5) is 23.4. The van der Waals surface area contributed by atoms with Crippen molar-refractivity contribution in [1.82, 2.24) is 5.32 Å². The Morgan fingerprint density at radius 2 is 2.17 bits per heavy atom. The molecule has 0 aliphatic carbocycles. The Morgan fingerprint density at radius 3 is 2.88 bits per heavy atom. The van der Waals surface area contributed by atoms with E-state index in [1.54, 1.807) is 13.0 Å². The van der Waals surface area contributed by atoms with Crippen molar-refractivity contribution in [2.75, 3.05) is 19.8 Å². The average Bonchev–Trinajstić information content (AvgIpc) is 2.55. The third kappa shape index (κ3) is 4.35. The van der Waals surface area contributed by atoms with Crippen molar-refractivity contribution in [2.24, 2.45) is 0 Å². The molecular weight excluding hydrogens is 310 g/mol. The van der Waals surface area contributed by atoms with Crippen molar-refractivity contribution in [3.63, 3.8) is 0 Å². The predicted octanol–water partition coefficient (Wildman–Crippen LogP) is 1.93. The highest BCUT2D eigenvalue weighted by atomic mass is 16.5. The SMILES string of the molecule is CCCc1cc(=O)oc2c(C)c(OCC(=O)NCCCO)ccc12. The number of ether oxygens (including phenoxy) is 1. The molecule has 1 aromatic heterocycles. The number of hydrogen-bond donors (Lipinski definition) is 2. The van der Waals surface area contributed by atoms with Crippen molar-refractivity contribution >= 4 is 16.9 Å². The summed E-state index contributed by atoms with van der Waals surface area (Å²) in [5.74, 6) is 0.251. The van der Waals surface area contributed by atoms with Crippen LogP contribution in [0.1, 0.15) is 30.9 Å². The van der Waals surface area contributed by atoms with E-state index in [1.807, 2.05) is 6.07 Å². The fraction of sp³-hybridized carbons (Fsp3) is 0.444. The summed E-state index contributed by atoms with van der Waals surface area (Å²) < 4.78 is 10.9. The fourth-order valence-corrected chi connectivity index (χ4v) is 2.54. The minimum atomic E-state index is -0.382. The fourth-order valence-electron chi connectivity index (χ4n) is 2.54. The molecule has 0 unspecified atom stereocenters. The number of aliphatic hydroxyl groups is 1. The molecule has 6 heteroatoms. The molecule has 1 heterocycles. The average molecular weight is 333 g/mol. The number of benzene rings is 1. The first kappa shape index (κ1) is 18.0. The molecule has 130 valence electrons. The third-order valence-electron chi connectivity index (χ3n) is 3.73. The molecule has 1 aromatic carbocycles. The van der Waals surface area contributed by atoms with Crippen LogP contribution in [0.4, 0.5) is 0 Å². The van der Waals surface area contributed by atoms with Gasteiger partial charge in [0.15, 0.2) is 6.61 Å². The van der Waals surface area contributed by atoms with Crippen LogP contribution >= 0.6 is 0 Å². The first-order valence-corrected chi connectivity index (χ1v) is 8.13. The first-order valence-electron chi connectivity index (χ1n) is 8.13. The molecule has 0 fully saturated rings. The lowest BCUT2D eigenvalue weighted by atomic mass is 10.0. The van der Waals surface area contributed by atoms with Crippen LogP contribution in [0.25, 0.3) is 11.0 Å². The van der Waals surface area contributed by atoms with Gasteiger partial charge in [-0.1, -0.05) is 13.3 Å². The number of carbonyl (C=O) groups excluding carboxylic acids is 1. The van der Waals surface area contributed by atoms with Crippen LogP contribution in [0.3, 0.4) is 0 Å². The number of rotatable bonds is 8. The Morgan fingerprint density at radius 1 is 1.38 bits per heavy atom. The molecule has 0 aliphatic heterocycles. The molecular formula is C18H23NO5. The number of aryl methyl sites for hydroxylation is 2. The lowest BCUT2D eigenvalue weighted by molar-refractivity contribution is -0.123. The zero-order chi connectivity index (χ0) is 17.5. The summed E-state index contributed by atoms with van der Waals surface area (Å²) in [6.07, 6.45) is 2.24. The summed E-state index contributed by atoms with van der Waals surface area (Å²) in [5, 5.41) is 12.2. The van der Waals surface area contributed by atoms with Gasteiger partial charge in [0.2, 0.25) is 0 Å². The Labute approximate surface area is 140 Å². The second kappa shape index (κ2) is 8.49. The lowest BCUT2D eigenvalue weighted by Gasteiger charge is -2.12. The second-order valence-corrected chi connectivity index (χ2v) is 5.62. The molecule has 0 aliphatic rings. The monoisotopic (exact) mass is 333 g/mol. The molecule has 2 aromatic rings. The van der Waals surface area contributed by atoms with Crippen LogP contribution < -0.4 is 15.7 Å². The standard InChI is InChI=1S/C18H23NO5/c1-3-5-13-10-17(22)24-18-12(2)15(7-6-14(13)18)23-11-16(21)19-8-4-9-20/h6-7,10,20H,3-5,8-9,11H2,1-2H3,(H,19,21). The zero-order valence-corrected chi connectivity index (χ0v) is 14.1. The topological polar surface area (TPSA) is 88.8 Å². The molecule has 0 atom stereocenters. The molecule has 0 saturated carbocycles. The number of fused-ring (bicyclic) bond motifs is 1. The van der Waals surface area contributed by atoms with E-state index in [4.69, 9.17) is 14.3 Å². The van der Waals surface area contributed by atoms with E-state index in [0.29, 0.717) is 29.9 Å². The summed E-state index contributed by atoms with van der Waals surface area (Å²) in [6.45, 7) is 4.17. The predicted molar refractivity (Wildman–Crippen MR) is 91.4 cm³/mol. The number of carbonyl (C=O) groups is 1. The van der Waals surface area contributed by atoms with Gasteiger partial charge in [0.05, 0.1) is 0 Å². The van der Waals surface area contributed by atoms with Crippen molar-refractivity contribution in [3.05, 3.63) is 39.7 Å². The van der Waals surface area contributed by atoms with Gasteiger partial charge in [0.1, 0.15) is 11.3 Å². The highest BCUT2D eigenvalue weighted by Crippen LogP contribution is 2.28. The van der Waals surface area contributed by atoms with Gasteiger partial charge < -0.3 is 19.6 Å². The van der Waals surface area contributed by atoms with Gasteiger partial charge in [0.25, 0.3) is 5.91 Å². The van der Waals surface area contributed by atoms with E-state index in [9.17, 15) is 9.59 Å². The van der Waals surface area contributed by atoms with Gasteiger partial charge in [-0.2, -0.15) is 0 Å². The van der Waals surface area contributed by atoms with Crippen molar-refractivity contribution in [1.29, 1.82) is 0 Å². The summed E-state index contributed by atoms with van der Waals surface area (Å²) >= 11 is 0. The number of amides is 1. The molecule has 6 nitrogen and oxygen atoms in total. The van der Waals surface area contributed by atoms with Crippen LogP contribution in [0.15, 0.2) is 27.4 Å². The van der Waals surface area contributed by atoms with Crippen molar-refractivity contribution < 1.29 is 19.1 Å². The van der Waals surface area contributed by atoms with Crippen LogP contribution in [-0.4, -0.2) is 30.8 Å². The molecule has 0 radical (unpaired) electrons. The number of aliphatic hydroxyl groups excluding tert-OH is 1. The molecule has 0 spiro atoms. The molecule has 24 heavy (non-hydrogen) atoms. The first-order chi connectivity index (χ1) is 11.6. The summed E-state index contributed by atoms with van der Waals surface area (Å²) in [6, 6.07) is 5.17. The highest BCUT2D eigenvalue weighted by molar-refractivity contribution is 5.85. The summed E-state index contributed by atoms with van der Waals surface area (Å²) in [5.41, 5.74) is 1.78. The Balaban J connectivity index is 2.19. The van der Waals surface area contributed by atoms with Gasteiger partial charge in [-0.25, -0.2) is 4.79 Å². The quantitative estimate of drug-likeness (QED) is 0.569. The largest absolute Gasteiger partial charge is 0.483 e. The van der Waals surface area contributed by atoms with Crippen LogP contribution in [0.2, 0.25) is 0 Å². The molecule has 2 N–H and O–H groups in total. The molecule has 0 saturated heterocycles.